The maximum atomic E-state index is 11.8. The van der Waals surface area contributed by atoms with E-state index in [0.717, 1.165) is 18.4 Å². The second-order valence-corrected chi connectivity index (χ2v) is 7.43. The molecule has 0 aromatic heterocycles. The molecular formula is C16H21NO5S. The summed E-state index contributed by atoms with van der Waals surface area (Å²) in [5, 5.41) is 0. The third kappa shape index (κ3) is 4.87. The largest absolute Gasteiger partial charge is 0.454 e. The Kier molecular flexibility index (Phi) is 5.90. The summed E-state index contributed by atoms with van der Waals surface area (Å²) in [5.74, 6) is -0.386. The van der Waals surface area contributed by atoms with E-state index in [4.69, 9.17) is 4.74 Å². The second kappa shape index (κ2) is 7.70. The molecule has 0 heterocycles. The topological polar surface area (TPSA) is 89.5 Å². The van der Waals surface area contributed by atoms with Gasteiger partial charge in [-0.2, -0.15) is 0 Å². The molecule has 0 spiro atoms. The Morgan fingerprint density at radius 3 is 2.57 bits per heavy atom. The minimum atomic E-state index is -3.45. The molecule has 1 N–H and O–H groups in total. The van der Waals surface area contributed by atoms with E-state index < -0.39 is 22.1 Å². The van der Waals surface area contributed by atoms with E-state index in [0.29, 0.717) is 19.3 Å². The maximum Gasteiger partial charge on any atom is 0.306 e. The Morgan fingerprint density at radius 1 is 1.26 bits per heavy atom. The van der Waals surface area contributed by atoms with Crippen LogP contribution < -0.4 is 4.72 Å². The van der Waals surface area contributed by atoms with Crippen molar-refractivity contribution in [3.63, 3.8) is 0 Å². The molecule has 1 aromatic carbocycles. The Hall–Kier alpha value is -1.73. The monoisotopic (exact) mass is 339 g/mol. The Labute approximate surface area is 136 Å². The number of carbonyl (C=O) groups excluding carboxylic acids is 2. The van der Waals surface area contributed by atoms with Crippen LogP contribution in [0.4, 0.5) is 0 Å². The number of esters is 1. The van der Waals surface area contributed by atoms with Gasteiger partial charge in [-0.3, -0.25) is 9.59 Å². The lowest BCUT2D eigenvalue weighted by molar-refractivity contribution is -0.156. The third-order valence-corrected chi connectivity index (χ3v) is 5.32. The third-order valence-electron chi connectivity index (χ3n) is 3.89. The average Bonchev–Trinajstić information content (AvgIpc) is 2.55. The molecular weight excluding hydrogens is 318 g/mol. The highest BCUT2D eigenvalue weighted by Gasteiger charge is 2.25. The van der Waals surface area contributed by atoms with Crippen LogP contribution in [0.15, 0.2) is 29.2 Å². The van der Waals surface area contributed by atoms with Crippen molar-refractivity contribution in [3.05, 3.63) is 29.8 Å². The van der Waals surface area contributed by atoms with Gasteiger partial charge in [0, 0.05) is 12.8 Å². The summed E-state index contributed by atoms with van der Waals surface area (Å²) in [6.45, 7) is 0. The molecule has 1 aliphatic rings. The molecule has 7 heteroatoms. The van der Waals surface area contributed by atoms with Crippen LogP contribution in [-0.4, -0.2) is 33.3 Å². The molecule has 0 bridgehead atoms. The zero-order valence-electron chi connectivity index (χ0n) is 13.1. The van der Waals surface area contributed by atoms with Crippen molar-refractivity contribution in [1.29, 1.82) is 0 Å². The number of aryl methyl sites for hydroxylation is 1. The molecule has 23 heavy (non-hydrogen) atoms. The van der Waals surface area contributed by atoms with Crippen LogP contribution in [0.25, 0.3) is 0 Å². The average molecular weight is 339 g/mol. The highest BCUT2D eigenvalue weighted by Crippen LogP contribution is 2.18. The molecule has 0 saturated heterocycles. The molecule has 1 saturated carbocycles. The van der Waals surface area contributed by atoms with E-state index in [1.54, 1.807) is 12.1 Å². The molecule has 0 amide bonds. The van der Waals surface area contributed by atoms with E-state index in [9.17, 15) is 18.0 Å². The van der Waals surface area contributed by atoms with Gasteiger partial charge in [0.25, 0.3) is 0 Å². The number of Topliss-reactive ketones (excluding diaryl/α,β-unsaturated/α-hetero) is 1. The van der Waals surface area contributed by atoms with Gasteiger partial charge >= 0.3 is 5.97 Å². The molecule has 1 atom stereocenters. The van der Waals surface area contributed by atoms with Gasteiger partial charge in [0.1, 0.15) is 0 Å². The molecule has 0 aliphatic heterocycles. The summed E-state index contributed by atoms with van der Waals surface area (Å²) >= 11 is 0. The first-order valence-electron chi connectivity index (χ1n) is 7.67. The zero-order valence-corrected chi connectivity index (χ0v) is 13.9. The van der Waals surface area contributed by atoms with Gasteiger partial charge in [-0.1, -0.05) is 12.1 Å². The highest BCUT2D eigenvalue weighted by atomic mass is 32.2. The van der Waals surface area contributed by atoms with Gasteiger partial charge in [-0.05, 0) is 50.4 Å². The summed E-state index contributed by atoms with van der Waals surface area (Å²) in [4.78, 5) is 23.6. The second-order valence-electron chi connectivity index (χ2n) is 5.54. The van der Waals surface area contributed by atoms with Gasteiger partial charge < -0.3 is 4.74 Å². The number of sulfonamides is 1. The normalized spacial score (nSPS) is 18.7. The fourth-order valence-electron chi connectivity index (χ4n) is 2.49. The Morgan fingerprint density at radius 2 is 1.96 bits per heavy atom. The van der Waals surface area contributed by atoms with Gasteiger partial charge in [0.2, 0.25) is 10.0 Å². The standard InChI is InChI=1S/C16H21NO5S/c1-17-23(20,21)13-9-6-12(7-10-13)8-11-16(19)22-15-5-3-2-4-14(15)18/h6-7,9-10,15,17H,2-5,8,11H2,1H3/t15-/m0/s1. The molecule has 1 aliphatic carbocycles. The van der Waals surface area contributed by atoms with E-state index in [-0.39, 0.29) is 17.1 Å². The summed E-state index contributed by atoms with van der Waals surface area (Å²) in [6, 6.07) is 6.33. The van der Waals surface area contributed by atoms with E-state index >= 15 is 0 Å². The lowest BCUT2D eigenvalue weighted by Gasteiger charge is -2.20. The number of ether oxygens (including phenoxy) is 1. The van der Waals surface area contributed by atoms with Crippen molar-refractivity contribution in [1.82, 2.24) is 4.72 Å². The molecule has 1 aromatic rings. The van der Waals surface area contributed by atoms with Crippen LogP contribution >= 0.6 is 0 Å². The Balaban J connectivity index is 1.86. The first-order chi connectivity index (χ1) is 10.9. The molecule has 0 unspecified atom stereocenters. The number of nitrogens with one attached hydrogen (secondary N) is 1. The number of hydrogen-bond donors (Lipinski definition) is 1. The first kappa shape index (κ1) is 17.6. The quantitative estimate of drug-likeness (QED) is 0.795. The minimum absolute atomic E-state index is 0.00576. The fraction of sp³-hybridized carbons (Fsp3) is 0.500. The number of ketones is 1. The highest BCUT2D eigenvalue weighted by molar-refractivity contribution is 7.89. The van der Waals surface area contributed by atoms with Crippen LogP contribution in [-0.2, 0) is 30.8 Å². The van der Waals surface area contributed by atoms with Crippen LogP contribution in [0.2, 0.25) is 0 Å². The summed E-state index contributed by atoms with van der Waals surface area (Å²) in [5.41, 5.74) is 0.840. The van der Waals surface area contributed by atoms with Gasteiger partial charge in [-0.15, -0.1) is 0 Å². The van der Waals surface area contributed by atoms with Crippen molar-refractivity contribution in [2.24, 2.45) is 0 Å². The van der Waals surface area contributed by atoms with Gasteiger partial charge in [-0.25, -0.2) is 13.1 Å². The van der Waals surface area contributed by atoms with Crippen molar-refractivity contribution in [3.8, 4) is 0 Å². The number of hydrogen-bond acceptors (Lipinski definition) is 5. The number of rotatable bonds is 6. The van der Waals surface area contributed by atoms with Crippen LogP contribution in [0.1, 0.15) is 37.7 Å². The zero-order chi connectivity index (χ0) is 16.9. The molecule has 0 radical (unpaired) electrons. The van der Waals surface area contributed by atoms with Crippen LogP contribution in [0, 0.1) is 0 Å². The van der Waals surface area contributed by atoms with Crippen LogP contribution in [0.5, 0.6) is 0 Å². The van der Waals surface area contributed by atoms with Crippen molar-refractivity contribution >= 4 is 21.8 Å². The van der Waals surface area contributed by atoms with Crippen molar-refractivity contribution in [2.45, 2.75) is 49.5 Å². The van der Waals surface area contributed by atoms with E-state index in [1.165, 1.54) is 19.2 Å². The van der Waals surface area contributed by atoms with Crippen molar-refractivity contribution < 1.29 is 22.7 Å². The fourth-order valence-corrected chi connectivity index (χ4v) is 3.22. The molecule has 126 valence electrons. The van der Waals surface area contributed by atoms with Gasteiger partial charge in [0.05, 0.1) is 4.90 Å². The first-order valence-corrected chi connectivity index (χ1v) is 9.15. The lowest BCUT2D eigenvalue weighted by atomic mass is 9.96. The SMILES string of the molecule is CNS(=O)(=O)c1ccc(CCC(=O)O[C@H]2CCCCC2=O)cc1. The molecule has 2 rings (SSSR count). The summed E-state index contributed by atoms with van der Waals surface area (Å²) < 4.78 is 30.7. The molecule has 6 nitrogen and oxygen atoms in total. The van der Waals surface area contributed by atoms with Gasteiger partial charge in [0.15, 0.2) is 11.9 Å². The predicted octanol–water partition coefficient (Wildman–Crippen LogP) is 1.58. The minimum Gasteiger partial charge on any atom is -0.454 e. The lowest BCUT2D eigenvalue weighted by Crippen LogP contribution is -2.30. The Bertz CT molecular complexity index is 666. The van der Waals surface area contributed by atoms with Crippen LogP contribution in [0.3, 0.4) is 0 Å². The number of benzene rings is 1. The smallest absolute Gasteiger partial charge is 0.306 e. The summed E-state index contributed by atoms with van der Waals surface area (Å²) in [6.07, 6.45) is 2.90. The van der Waals surface area contributed by atoms with Crippen molar-refractivity contribution in [2.75, 3.05) is 7.05 Å². The predicted molar refractivity (Wildman–Crippen MR) is 84.4 cm³/mol. The van der Waals surface area contributed by atoms with E-state index in [2.05, 4.69) is 4.72 Å². The number of carbonyl (C=O) groups is 2. The maximum absolute atomic E-state index is 11.8. The van der Waals surface area contributed by atoms with E-state index in [1.807, 2.05) is 0 Å². The summed E-state index contributed by atoms with van der Waals surface area (Å²) in [7, 11) is -2.10. The molecule has 1 fully saturated rings.